The van der Waals surface area contributed by atoms with Crippen LogP contribution in [-0.4, -0.2) is 35.6 Å². The molecule has 0 fully saturated rings. The van der Waals surface area contributed by atoms with Crippen LogP contribution in [0.25, 0.3) is 0 Å². The van der Waals surface area contributed by atoms with E-state index in [0.717, 1.165) is 5.56 Å². The molecule has 1 aromatic carbocycles. The summed E-state index contributed by atoms with van der Waals surface area (Å²) in [5.41, 5.74) is 1.42. The minimum absolute atomic E-state index is 0.000697. The first kappa shape index (κ1) is 18.4. The van der Waals surface area contributed by atoms with Gasteiger partial charge in [0, 0.05) is 18.9 Å². The first-order valence-electron chi connectivity index (χ1n) is 8.39. The quantitative estimate of drug-likeness (QED) is 0.511. The monoisotopic (exact) mass is 375 g/mol. The van der Waals surface area contributed by atoms with Crippen LogP contribution in [0.5, 0.6) is 5.75 Å². The number of amides is 1. The van der Waals surface area contributed by atoms with Crippen molar-refractivity contribution in [2.24, 2.45) is 0 Å². The molecule has 0 saturated heterocycles. The van der Waals surface area contributed by atoms with Crippen molar-refractivity contribution < 1.29 is 24.5 Å². The molecule has 0 spiro atoms. The number of ether oxygens (including phenoxy) is 2. The van der Waals surface area contributed by atoms with Crippen molar-refractivity contribution in [1.82, 2.24) is 0 Å². The van der Waals surface area contributed by atoms with Crippen molar-refractivity contribution in [3.8, 4) is 5.75 Å². The third-order valence-electron chi connectivity index (χ3n) is 4.01. The predicted molar refractivity (Wildman–Crippen MR) is 99.0 cm³/mol. The van der Waals surface area contributed by atoms with Gasteiger partial charge in [0.2, 0.25) is 6.29 Å². The van der Waals surface area contributed by atoms with Crippen LogP contribution >= 0.6 is 11.3 Å². The lowest BCUT2D eigenvalue weighted by molar-refractivity contribution is -0.144. The third kappa shape index (κ3) is 4.63. The molecule has 26 heavy (non-hydrogen) atoms. The highest BCUT2D eigenvalue weighted by Gasteiger charge is 2.29. The summed E-state index contributed by atoms with van der Waals surface area (Å²) in [5.74, 6) is -0.298. The molecule has 1 amide bonds. The minimum atomic E-state index is -0.568. The molecule has 2 heterocycles. The molecule has 0 bridgehead atoms. The summed E-state index contributed by atoms with van der Waals surface area (Å²) in [4.78, 5) is 12.6. The fourth-order valence-corrected chi connectivity index (χ4v) is 3.40. The Bertz CT molecular complexity index is 759. The van der Waals surface area contributed by atoms with Crippen molar-refractivity contribution >= 4 is 22.9 Å². The number of carbonyl (C=O) groups excluding carboxylic acids is 1. The number of hydrogen-bond acceptors (Lipinski definition) is 6. The maximum absolute atomic E-state index is 12.6. The number of carbonyl (C=O) groups is 1. The SMILES string of the molecule is O=C(Nc1ccccc1O)C1=C[C@@H](c2ccsc2)C[C@@H](OCCCO)O1. The van der Waals surface area contributed by atoms with E-state index in [9.17, 15) is 9.90 Å². The maximum Gasteiger partial charge on any atom is 0.290 e. The van der Waals surface area contributed by atoms with E-state index in [4.69, 9.17) is 14.6 Å². The summed E-state index contributed by atoms with van der Waals surface area (Å²) in [6.45, 7) is 0.392. The largest absolute Gasteiger partial charge is 0.506 e. The van der Waals surface area contributed by atoms with Gasteiger partial charge in [-0.15, -0.1) is 0 Å². The molecular weight excluding hydrogens is 354 g/mol. The molecule has 2 atom stereocenters. The smallest absolute Gasteiger partial charge is 0.290 e. The topological polar surface area (TPSA) is 88.0 Å². The standard InChI is InChI=1S/C19H21NO5S/c21-7-3-8-24-18-11-14(13-6-9-26-12-13)10-17(25-18)19(23)20-15-4-1-2-5-16(15)22/h1-2,4-6,9-10,12,14,18,21-22H,3,7-8,11H2,(H,20,23)/t14-,18+/m1/s1. The zero-order valence-corrected chi connectivity index (χ0v) is 14.9. The van der Waals surface area contributed by atoms with Crippen LogP contribution in [0.3, 0.4) is 0 Å². The van der Waals surface area contributed by atoms with Crippen LogP contribution in [0, 0.1) is 0 Å². The van der Waals surface area contributed by atoms with Gasteiger partial charge in [0.15, 0.2) is 5.76 Å². The predicted octanol–water partition coefficient (Wildman–Crippen LogP) is 3.21. The number of anilines is 1. The second kappa shape index (κ2) is 8.84. The van der Waals surface area contributed by atoms with E-state index < -0.39 is 12.2 Å². The Kier molecular flexibility index (Phi) is 6.27. The molecule has 2 aromatic rings. The van der Waals surface area contributed by atoms with Crippen LogP contribution in [-0.2, 0) is 14.3 Å². The number of rotatable bonds is 7. The Balaban J connectivity index is 1.76. The summed E-state index contributed by atoms with van der Waals surface area (Å²) in [6, 6.07) is 8.53. The minimum Gasteiger partial charge on any atom is -0.506 e. The van der Waals surface area contributed by atoms with E-state index >= 15 is 0 Å². The summed E-state index contributed by atoms with van der Waals surface area (Å²) in [7, 11) is 0. The number of benzene rings is 1. The molecule has 0 unspecified atom stereocenters. The molecule has 7 heteroatoms. The molecular formula is C19H21NO5S. The number of hydrogen-bond donors (Lipinski definition) is 3. The fourth-order valence-electron chi connectivity index (χ4n) is 2.68. The highest BCUT2D eigenvalue weighted by Crippen LogP contribution is 2.33. The van der Waals surface area contributed by atoms with Gasteiger partial charge >= 0.3 is 0 Å². The second-order valence-corrected chi connectivity index (χ2v) is 6.68. The van der Waals surface area contributed by atoms with Crippen LogP contribution in [0.2, 0.25) is 0 Å². The van der Waals surface area contributed by atoms with Gasteiger partial charge in [0.25, 0.3) is 5.91 Å². The van der Waals surface area contributed by atoms with Crippen LogP contribution in [0.15, 0.2) is 52.9 Å². The Morgan fingerprint density at radius 3 is 2.92 bits per heavy atom. The zero-order chi connectivity index (χ0) is 18.4. The summed E-state index contributed by atoms with van der Waals surface area (Å²) >= 11 is 1.59. The number of phenolic OH excluding ortho intramolecular Hbond substituents is 1. The molecule has 1 aromatic heterocycles. The molecule has 6 nitrogen and oxygen atoms in total. The number of allylic oxidation sites excluding steroid dienone is 1. The molecule has 0 saturated carbocycles. The van der Waals surface area contributed by atoms with Crippen molar-refractivity contribution in [2.45, 2.75) is 25.0 Å². The average molecular weight is 375 g/mol. The van der Waals surface area contributed by atoms with E-state index in [1.54, 1.807) is 35.6 Å². The molecule has 0 radical (unpaired) electrons. The number of para-hydroxylation sites is 2. The van der Waals surface area contributed by atoms with E-state index in [-0.39, 0.29) is 24.0 Å². The van der Waals surface area contributed by atoms with Crippen molar-refractivity contribution in [3.05, 3.63) is 58.5 Å². The van der Waals surface area contributed by atoms with Gasteiger partial charge < -0.3 is 25.0 Å². The number of aliphatic hydroxyl groups is 1. The number of nitrogens with one attached hydrogen (secondary N) is 1. The van der Waals surface area contributed by atoms with Crippen LogP contribution in [0.4, 0.5) is 5.69 Å². The van der Waals surface area contributed by atoms with E-state index in [1.165, 1.54) is 6.07 Å². The average Bonchev–Trinajstić information content (AvgIpc) is 3.18. The lowest BCUT2D eigenvalue weighted by atomic mass is 9.95. The molecule has 138 valence electrons. The van der Waals surface area contributed by atoms with Crippen molar-refractivity contribution in [3.63, 3.8) is 0 Å². The maximum atomic E-state index is 12.6. The van der Waals surface area contributed by atoms with Gasteiger partial charge in [-0.25, -0.2) is 0 Å². The first-order chi connectivity index (χ1) is 12.7. The van der Waals surface area contributed by atoms with E-state index in [0.29, 0.717) is 25.1 Å². The Morgan fingerprint density at radius 2 is 2.19 bits per heavy atom. The highest BCUT2D eigenvalue weighted by atomic mass is 32.1. The van der Waals surface area contributed by atoms with Gasteiger partial charge in [0.05, 0.1) is 12.3 Å². The number of aliphatic hydroxyl groups excluding tert-OH is 1. The number of aromatic hydroxyl groups is 1. The molecule has 3 N–H and O–H groups in total. The molecule has 0 aliphatic carbocycles. The summed E-state index contributed by atoms with van der Waals surface area (Å²) in [6.07, 6.45) is 2.31. The Morgan fingerprint density at radius 1 is 1.35 bits per heavy atom. The lowest BCUT2D eigenvalue weighted by Crippen LogP contribution is -2.29. The number of thiophene rings is 1. The lowest BCUT2D eigenvalue weighted by Gasteiger charge is -2.29. The summed E-state index contributed by atoms with van der Waals surface area (Å²) in [5, 5.41) is 25.4. The van der Waals surface area contributed by atoms with E-state index in [1.807, 2.05) is 16.8 Å². The van der Waals surface area contributed by atoms with Gasteiger partial charge in [-0.3, -0.25) is 4.79 Å². The van der Waals surface area contributed by atoms with Crippen molar-refractivity contribution in [1.29, 1.82) is 0 Å². The van der Waals surface area contributed by atoms with Crippen LogP contribution in [0.1, 0.15) is 24.3 Å². The molecule has 3 rings (SSSR count). The Hall–Kier alpha value is -2.35. The second-order valence-electron chi connectivity index (χ2n) is 5.90. The Labute approximate surface area is 155 Å². The third-order valence-corrected chi connectivity index (χ3v) is 4.71. The fraction of sp³-hybridized carbons (Fsp3) is 0.316. The van der Waals surface area contributed by atoms with Gasteiger partial charge in [-0.05, 0) is 47.0 Å². The zero-order valence-electron chi connectivity index (χ0n) is 14.1. The molecule has 1 aliphatic heterocycles. The van der Waals surface area contributed by atoms with Gasteiger partial charge in [-0.2, -0.15) is 11.3 Å². The normalized spacial score (nSPS) is 19.5. The van der Waals surface area contributed by atoms with E-state index in [2.05, 4.69) is 5.32 Å². The van der Waals surface area contributed by atoms with Crippen LogP contribution < -0.4 is 5.32 Å². The summed E-state index contributed by atoms with van der Waals surface area (Å²) < 4.78 is 11.4. The molecule has 1 aliphatic rings. The van der Waals surface area contributed by atoms with Gasteiger partial charge in [0.1, 0.15) is 5.75 Å². The van der Waals surface area contributed by atoms with Gasteiger partial charge in [-0.1, -0.05) is 12.1 Å². The first-order valence-corrected chi connectivity index (χ1v) is 9.34. The number of phenols is 1. The highest BCUT2D eigenvalue weighted by molar-refractivity contribution is 7.08. The van der Waals surface area contributed by atoms with Crippen molar-refractivity contribution in [2.75, 3.05) is 18.5 Å².